The van der Waals surface area contributed by atoms with E-state index in [-0.39, 0.29) is 0 Å². The molecule has 20 heavy (non-hydrogen) atoms. The maximum Gasteiger partial charge on any atom is 0.118 e. The highest BCUT2D eigenvalue weighted by Gasteiger charge is 2.08. The van der Waals surface area contributed by atoms with Crippen LogP contribution < -0.4 is 4.74 Å². The number of ether oxygens (including phenoxy) is 1. The quantitative estimate of drug-likeness (QED) is 0.727. The Morgan fingerprint density at radius 3 is 2.60 bits per heavy atom. The highest BCUT2D eigenvalue weighted by atomic mass is 79.9. The molecule has 102 valence electrons. The predicted molar refractivity (Wildman–Crippen MR) is 84.2 cm³/mol. The van der Waals surface area contributed by atoms with Crippen LogP contribution in [0.3, 0.4) is 0 Å². The topological polar surface area (TPSA) is 27.1 Å². The second-order valence-electron chi connectivity index (χ2n) is 4.74. The van der Waals surface area contributed by atoms with Gasteiger partial charge in [0.05, 0.1) is 18.1 Å². The summed E-state index contributed by atoms with van der Waals surface area (Å²) in [5, 5.41) is 0. The molecule has 0 spiro atoms. The minimum absolute atomic E-state index is 0.812. The third-order valence-corrected chi connectivity index (χ3v) is 3.95. The number of fused-ring (bicyclic) bond motifs is 1. The van der Waals surface area contributed by atoms with E-state index in [1.165, 1.54) is 5.56 Å². The number of hydrogen-bond donors (Lipinski definition) is 0. The highest BCUT2D eigenvalue weighted by Crippen LogP contribution is 2.22. The van der Waals surface area contributed by atoms with Crippen LogP contribution in [0.5, 0.6) is 5.75 Å². The van der Waals surface area contributed by atoms with Crippen molar-refractivity contribution in [2.45, 2.75) is 6.42 Å². The van der Waals surface area contributed by atoms with Crippen molar-refractivity contribution in [3.8, 4) is 5.75 Å². The summed E-state index contributed by atoms with van der Waals surface area (Å²) >= 11 is 3.49. The molecule has 2 aromatic carbocycles. The zero-order chi connectivity index (χ0) is 14.1. The number of nitrogens with zero attached hydrogens (tertiary/aromatic N) is 2. The van der Waals surface area contributed by atoms with Crippen LogP contribution >= 0.6 is 15.9 Å². The smallest absolute Gasteiger partial charge is 0.118 e. The monoisotopic (exact) mass is 330 g/mol. The fraction of sp³-hybridized carbons (Fsp3) is 0.188. The van der Waals surface area contributed by atoms with Gasteiger partial charge in [0.15, 0.2) is 0 Å². The van der Waals surface area contributed by atoms with E-state index >= 15 is 0 Å². The van der Waals surface area contributed by atoms with Gasteiger partial charge in [0.1, 0.15) is 11.6 Å². The maximum atomic E-state index is 5.18. The largest absolute Gasteiger partial charge is 0.497 e. The molecule has 0 atom stereocenters. The van der Waals surface area contributed by atoms with Crippen molar-refractivity contribution in [3.05, 3.63) is 58.3 Å². The van der Waals surface area contributed by atoms with Gasteiger partial charge in [-0.05, 0) is 35.9 Å². The minimum atomic E-state index is 0.812. The van der Waals surface area contributed by atoms with E-state index in [0.29, 0.717) is 0 Å². The molecule has 0 aliphatic heterocycles. The maximum absolute atomic E-state index is 5.18. The summed E-state index contributed by atoms with van der Waals surface area (Å²) in [6.07, 6.45) is 0.812. The molecule has 0 aliphatic carbocycles. The molecule has 0 unspecified atom stereocenters. The molecule has 0 saturated heterocycles. The van der Waals surface area contributed by atoms with Crippen LogP contribution in [0.15, 0.2) is 46.9 Å². The molecule has 0 N–H and O–H groups in total. The van der Waals surface area contributed by atoms with Gasteiger partial charge in [0, 0.05) is 17.9 Å². The molecular weight excluding hydrogens is 316 g/mol. The van der Waals surface area contributed by atoms with E-state index < -0.39 is 0 Å². The molecule has 0 bridgehead atoms. The Labute approximate surface area is 126 Å². The Balaban J connectivity index is 1.95. The SMILES string of the molecule is COc1ccc(Cc2nc3cc(Br)ccc3n2C)cc1. The second-order valence-corrected chi connectivity index (χ2v) is 5.66. The van der Waals surface area contributed by atoms with Gasteiger partial charge in [-0.25, -0.2) is 4.98 Å². The average Bonchev–Trinajstić information content (AvgIpc) is 2.75. The van der Waals surface area contributed by atoms with Crippen molar-refractivity contribution in [1.82, 2.24) is 9.55 Å². The lowest BCUT2D eigenvalue weighted by Gasteiger charge is -2.04. The second kappa shape index (κ2) is 5.29. The van der Waals surface area contributed by atoms with Gasteiger partial charge in [-0.3, -0.25) is 0 Å². The van der Waals surface area contributed by atoms with Crippen LogP contribution in [-0.2, 0) is 13.5 Å². The van der Waals surface area contributed by atoms with Crippen molar-refractivity contribution >= 4 is 27.0 Å². The lowest BCUT2D eigenvalue weighted by atomic mass is 10.1. The van der Waals surface area contributed by atoms with Gasteiger partial charge in [-0.1, -0.05) is 28.1 Å². The molecule has 1 aromatic heterocycles. The van der Waals surface area contributed by atoms with E-state index in [0.717, 1.165) is 33.5 Å². The third kappa shape index (κ3) is 2.43. The Kier molecular flexibility index (Phi) is 3.49. The van der Waals surface area contributed by atoms with E-state index in [1.54, 1.807) is 7.11 Å². The van der Waals surface area contributed by atoms with E-state index in [4.69, 9.17) is 9.72 Å². The Morgan fingerprint density at radius 2 is 1.90 bits per heavy atom. The molecule has 3 rings (SSSR count). The molecule has 0 fully saturated rings. The number of rotatable bonds is 3. The van der Waals surface area contributed by atoms with E-state index in [2.05, 4.69) is 45.7 Å². The van der Waals surface area contributed by atoms with Crippen molar-refractivity contribution in [3.63, 3.8) is 0 Å². The van der Waals surface area contributed by atoms with Gasteiger partial charge in [-0.2, -0.15) is 0 Å². The molecule has 0 radical (unpaired) electrons. The van der Waals surface area contributed by atoms with Gasteiger partial charge in [0.2, 0.25) is 0 Å². The fourth-order valence-corrected chi connectivity index (χ4v) is 2.66. The molecule has 4 heteroatoms. The number of aromatic nitrogens is 2. The standard InChI is InChI=1S/C16H15BrN2O/c1-19-15-8-5-12(17)10-14(15)18-16(19)9-11-3-6-13(20-2)7-4-11/h3-8,10H,9H2,1-2H3. The van der Waals surface area contributed by atoms with Gasteiger partial charge >= 0.3 is 0 Å². The van der Waals surface area contributed by atoms with Crippen molar-refractivity contribution in [1.29, 1.82) is 0 Å². The lowest BCUT2D eigenvalue weighted by Crippen LogP contribution is -1.99. The van der Waals surface area contributed by atoms with E-state index in [9.17, 15) is 0 Å². The molecule has 0 amide bonds. The van der Waals surface area contributed by atoms with Gasteiger partial charge in [0.25, 0.3) is 0 Å². The number of benzene rings is 2. The summed E-state index contributed by atoms with van der Waals surface area (Å²) < 4.78 is 8.38. The first kappa shape index (κ1) is 13.2. The summed E-state index contributed by atoms with van der Waals surface area (Å²) in [7, 11) is 3.74. The Morgan fingerprint density at radius 1 is 1.15 bits per heavy atom. The van der Waals surface area contributed by atoms with Crippen molar-refractivity contribution in [2.75, 3.05) is 7.11 Å². The fourth-order valence-electron chi connectivity index (χ4n) is 2.31. The van der Waals surface area contributed by atoms with Crippen LogP contribution in [-0.4, -0.2) is 16.7 Å². The first-order valence-electron chi connectivity index (χ1n) is 6.41. The van der Waals surface area contributed by atoms with Crippen LogP contribution in [0.25, 0.3) is 11.0 Å². The third-order valence-electron chi connectivity index (χ3n) is 3.46. The first-order valence-corrected chi connectivity index (χ1v) is 7.20. The molecule has 3 aromatic rings. The summed E-state index contributed by atoms with van der Waals surface area (Å²) in [5.74, 6) is 1.94. The number of methoxy groups -OCH3 is 1. The van der Waals surface area contributed by atoms with Crippen LogP contribution in [0.1, 0.15) is 11.4 Å². The van der Waals surface area contributed by atoms with E-state index in [1.807, 2.05) is 24.3 Å². The average molecular weight is 331 g/mol. The summed E-state index contributed by atoms with van der Waals surface area (Å²) in [5.41, 5.74) is 3.39. The van der Waals surface area contributed by atoms with Crippen LogP contribution in [0, 0.1) is 0 Å². The zero-order valence-electron chi connectivity index (χ0n) is 11.4. The summed E-state index contributed by atoms with van der Waals surface area (Å²) in [6.45, 7) is 0. The minimum Gasteiger partial charge on any atom is -0.497 e. The van der Waals surface area contributed by atoms with Crippen molar-refractivity contribution in [2.24, 2.45) is 7.05 Å². The predicted octanol–water partition coefficient (Wildman–Crippen LogP) is 3.94. The number of aryl methyl sites for hydroxylation is 1. The summed E-state index contributed by atoms with van der Waals surface area (Å²) in [6, 6.07) is 14.3. The van der Waals surface area contributed by atoms with Crippen LogP contribution in [0.2, 0.25) is 0 Å². The first-order chi connectivity index (χ1) is 9.67. The van der Waals surface area contributed by atoms with Crippen molar-refractivity contribution < 1.29 is 4.74 Å². The zero-order valence-corrected chi connectivity index (χ0v) is 13.0. The lowest BCUT2D eigenvalue weighted by molar-refractivity contribution is 0.414. The Hall–Kier alpha value is -1.81. The number of imidazole rings is 1. The number of halogens is 1. The molecule has 1 heterocycles. The molecule has 3 nitrogen and oxygen atoms in total. The Bertz CT molecular complexity index is 747. The number of hydrogen-bond acceptors (Lipinski definition) is 2. The van der Waals surface area contributed by atoms with Crippen LogP contribution in [0.4, 0.5) is 0 Å². The van der Waals surface area contributed by atoms with Gasteiger partial charge in [-0.15, -0.1) is 0 Å². The molecule has 0 aliphatic rings. The highest BCUT2D eigenvalue weighted by molar-refractivity contribution is 9.10. The molecule has 0 saturated carbocycles. The molecular formula is C16H15BrN2O. The normalized spacial score (nSPS) is 10.9. The summed E-state index contributed by atoms with van der Waals surface area (Å²) in [4.78, 5) is 4.71. The van der Waals surface area contributed by atoms with Gasteiger partial charge < -0.3 is 9.30 Å².